The first kappa shape index (κ1) is 12.3. The molecule has 0 aliphatic heterocycles. The molecule has 0 spiro atoms. The first-order valence-corrected chi connectivity index (χ1v) is 7.52. The van der Waals surface area contributed by atoms with Gasteiger partial charge in [0.25, 0.3) is 0 Å². The SMILES string of the molecule is O=S(=O)(c1ccccc1)c1c[nH]c2ccc(Cl)cc12. The van der Waals surface area contributed by atoms with Gasteiger partial charge in [-0.05, 0) is 30.3 Å². The minimum absolute atomic E-state index is 0.246. The first-order valence-electron chi connectivity index (χ1n) is 5.66. The Morgan fingerprint density at radius 3 is 2.47 bits per heavy atom. The minimum atomic E-state index is -3.53. The highest BCUT2D eigenvalue weighted by Gasteiger charge is 2.21. The standard InChI is InChI=1S/C14H10ClNO2S/c15-10-6-7-13-12(8-10)14(9-16-13)19(17,18)11-4-2-1-3-5-11/h1-9,16H. The third-order valence-electron chi connectivity index (χ3n) is 2.95. The van der Waals surface area contributed by atoms with Crippen LogP contribution in [0.2, 0.25) is 5.02 Å². The van der Waals surface area contributed by atoms with Crippen molar-refractivity contribution in [1.29, 1.82) is 0 Å². The molecule has 19 heavy (non-hydrogen) atoms. The molecule has 3 aromatic rings. The summed E-state index contributed by atoms with van der Waals surface area (Å²) in [5.41, 5.74) is 0.749. The summed E-state index contributed by atoms with van der Waals surface area (Å²) in [6, 6.07) is 13.5. The molecular formula is C14H10ClNO2S. The predicted octanol–water partition coefficient (Wildman–Crippen LogP) is 3.65. The number of aromatic nitrogens is 1. The molecule has 3 nitrogen and oxygen atoms in total. The van der Waals surface area contributed by atoms with E-state index in [9.17, 15) is 8.42 Å². The molecule has 0 radical (unpaired) electrons. The molecule has 0 saturated carbocycles. The van der Waals surface area contributed by atoms with Gasteiger partial charge in [0, 0.05) is 22.1 Å². The van der Waals surface area contributed by atoms with Gasteiger partial charge in [-0.1, -0.05) is 29.8 Å². The average molecular weight is 292 g/mol. The summed E-state index contributed by atoms with van der Waals surface area (Å²) in [7, 11) is -3.53. The number of hydrogen-bond acceptors (Lipinski definition) is 2. The maximum absolute atomic E-state index is 12.6. The van der Waals surface area contributed by atoms with Crippen LogP contribution in [0.25, 0.3) is 10.9 Å². The lowest BCUT2D eigenvalue weighted by atomic mass is 10.2. The highest BCUT2D eigenvalue weighted by Crippen LogP contribution is 2.29. The van der Waals surface area contributed by atoms with Crippen molar-refractivity contribution in [2.24, 2.45) is 0 Å². The van der Waals surface area contributed by atoms with Crippen LogP contribution in [-0.4, -0.2) is 13.4 Å². The molecule has 1 aromatic heterocycles. The second kappa shape index (κ2) is 4.40. The summed E-state index contributed by atoms with van der Waals surface area (Å²) in [5, 5.41) is 1.12. The Bertz CT molecular complexity index is 838. The van der Waals surface area contributed by atoms with Crippen molar-refractivity contribution in [1.82, 2.24) is 4.98 Å². The largest absolute Gasteiger partial charge is 0.360 e. The number of H-pyrrole nitrogens is 1. The Morgan fingerprint density at radius 1 is 1.00 bits per heavy atom. The van der Waals surface area contributed by atoms with Crippen LogP contribution in [0.4, 0.5) is 0 Å². The van der Waals surface area contributed by atoms with Crippen LogP contribution < -0.4 is 0 Å². The van der Waals surface area contributed by atoms with E-state index in [-0.39, 0.29) is 9.79 Å². The van der Waals surface area contributed by atoms with Crippen LogP contribution in [-0.2, 0) is 9.84 Å². The number of aromatic amines is 1. The number of halogens is 1. The third kappa shape index (κ3) is 2.03. The third-order valence-corrected chi connectivity index (χ3v) is 4.99. The lowest BCUT2D eigenvalue weighted by Gasteiger charge is -2.03. The molecule has 3 rings (SSSR count). The zero-order valence-electron chi connectivity index (χ0n) is 9.80. The molecule has 0 aliphatic carbocycles. The first-order chi connectivity index (χ1) is 9.09. The van der Waals surface area contributed by atoms with E-state index in [2.05, 4.69) is 4.98 Å². The lowest BCUT2D eigenvalue weighted by molar-refractivity contribution is 0.597. The summed E-state index contributed by atoms with van der Waals surface area (Å²) in [6.45, 7) is 0. The van der Waals surface area contributed by atoms with Crippen LogP contribution >= 0.6 is 11.6 Å². The van der Waals surface area contributed by atoms with E-state index in [1.165, 1.54) is 6.20 Å². The Kier molecular flexibility index (Phi) is 2.84. The van der Waals surface area contributed by atoms with Crippen LogP contribution in [0.5, 0.6) is 0 Å². The van der Waals surface area contributed by atoms with Crippen LogP contribution in [0.15, 0.2) is 64.5 Å². The smallest absolute Gasteiger partial charge is 0.208 e. The minimum Gasteiger partial charge on any atom is -0.360 e. The van der Waals surface area contributed by atoms with E-state index in [1.807, 2.05) is 0 Å². The highest BCUT2D eigenvalue weighted by molar-refractivity contribution is 7.91. The van der Waals surface area contributed by atoms with Crippen molar-refractivity contribution in [2.45, 2.75) is 9.79 Å². The van der Waals surface area contributed by atoms with Crippen molar-refractivity contribution in [3.8, 4) is 0 Å². The van der Waals surface area contributed by atoms with E-state index in [0.717, 1.165) is 5.52 Å². The number of rotatable bonds is 2. The van der Waals surface area contributed by atoms with Gasteiger partial charge in [0.2, 0.25) is 9.84 Å². The molecule has 2 aromatic carbocycles. The second-order valence-corrected chi connectivity index (χ2v) is 6.51. The van der Waals surface area contributed by atoms with E-state index >= 15 is 0 Å². The van der Waals surface area contributed by atoms with Gasteiger partial charge in [-0.2, -0.15) is 0 Å². The monoisotopic (exact) mass is 291 g/mol. The maximum atomic E-state index is 12.6. The number of fused-ring (bicyclic) bond motifs is 1. The Hall–Kier alpha value is -1.78. The molecule has 0 amide bonds. The zero-order valence-corrected chi connectivity index (χ0v) is 11.4. The molecule has 0 bridgehead atoms. The van der Waals surface area contributed by atoms with Gasteiger partial charge in [0.05, 0.1) is 9.79 Å². The van der Waals surface area contributed by atoms with E-state index in [0.29, 0.717) is 10.4 Å². The van der Waals surface area contributed by atoms with Crippen molar-refractivity contribution < 1.29 is 8.42 Å². The van der Waals surface area contributed by atoms with Gasteiger partial charge in [0.1, 0.15) is 0 Å². The number of nitrogens with one attached hydrogen (secondary N) is 1. The van der Waals surface area contributed by atoms with E-state index in [4.69, 9.17) is 11.6 Å². The molecule has 96 valence electrons. The number of hydrogen-bond donors (Lipinski definition) is 1. The molecular weight excluding hydrogens is 282 g/mol. The van der Waals surface area contributed by atoms with Crippen LogP contribution in [0.1, 0.15) is 0 Å². The van der Waals surface area contributed by atoms with Crippen LogP contribution in [0, 0.1) is 0 Å². The van der Waals surface area contributed by atoms with Crippen molar-refractivity contribution >= 4 is 32.3 Å². The summed E-state index contributed by atoms with van der Waals surface area (Å²) >= 11 is 5.93. The fourth-order valence-electron chi connectivity index (χ4n) is 2.02. The Balaban J connectivity index is 2.28. The highest BCUT2D eigenvalue weighted by atomic mass is 35.5. The van der Waals surface area contributed by atoms with Gasteiger partial charge in [-0.3, -0.25) is 0 Å². The second-order valence-electron chi connectivity index (χ2n) is 4.16. The van der Waals surface area contributed by atoms with Crippen LogP contribution in [0.3, 0.4) is 0 Å². The van der Waals surface area contributed by atoms with Gasteiger partial charge in [-0.15, -0.1) is 0 Å². The normalized spacial score (nSPS) is 11.8. The van der Waals surface area contributed by atoms with Gasteiger partial charge < -0.3 is 4.98 Å². The quantitative estimate of drug-likeness (QED) is 0.783. The number of sulfone groups is 1. The van der Waals surface area contributed by atoms with E-state index in [1.54, 1.807) is 48.5 Å². The predicted molar refractivity (Wildman–Crippen MR) is 75.2 cm³/mol. The molecule has 1 heterocycles. The fraction of sp³-hybridized carbons (Fsp3) is 0. The van der Waals surface area contributed by atoms with Gasteiger partial charge in [-0.25, -0.2) is 8.42 Å². The zero-order chi connectivity index (χ0) is 13.5. The Labute approximate surface area is 115 Å². The Morgan fingerprint density at radius 2 is 1.74 bits per heavy atom. The molecule has 0 unspecified atom stereocenters. The topological polar surface area (TPSA) is 49.9 Å². The summed E-state index contributed by atoms with van der Waals surface area (Å²) in [6.07, 6.45) is 1.50. The molecule has 5 heteroatoms. The molecule has 0 saturated heterocycles. The maximum Gasteiger partial charge on any atom is 0.208 e. The average Bonchev–Trinajstić information content (AvgIpc) is 2.83. The van der Waals surface area contributed by atoms with Gasteiger partial charge in [0.15, 0.2) is 0 Å². The van der Waals surface area contributed by atoms with E-state index < -0.39 is 9.84 Å². The molecule has 0 fully saturated rings. The van der Waals surface area contributed by atoms with Crippen molar-refractivity contribution in [3.63, 3.8) is 0 Å². The van der Waals surface area contributed by atoms with Crippen molar-refractivity contribution in [2.75, 3.05) is 0 Å². The summed E-state index contributed by atoms with van der Waals surface area (Å²) in [4.78, 5) is 3.47. The molecule has 1 N–H and O–H groups in total. The summed E-state index contributed by atoms with van der Waals surface area (Å²) < 4.78 is 25.1. The summed E-state index contributed by atoms with van der Waals surface area (Å²) in [5.74, 6) is 0. The molecule has 0 atom stereocenters. The fourth-order valence-corrected chi connectivity index (χ4v) is 3.63. The lowest BCUT2D eigenvalue weighted by Crippen LogP contribution is -2.00. The van der Waals surface area contributed by atoms with Gasteiger partial charge >= 0.3 is 0 Å². The van der Waals surface area contributed by atoms with Crippen molar-refractivity contribution in [3.05, 3.63) is 59.8 Å². The number of benzene rings is 2. The molecule has 0 aliphatic rings.